The van der Waals surface area contributed by atoms with Crippen LogP contribution in [0.1, 0.15) is 15.9 Å². The van der Waals surface area contributed by atoms with Crippen LogP contribution in [0.15, 0.2) is 42.5 Å². The van der Waals surface area contributed by atoms with Gasteiger partial charge in [0.05, 0.1) is 10.7 Å². The van der Waals surface area contributed by atoms with Gasteiger partial charge in [0.2, 0.25) is 0 Å². The van der Waals surface area contributed by atoms with Gasteiger partial charge >= 0.3 is 0 Å². The third-order valence-electron chi connectivity index (χ3n) is 2.62. The molecule has 21 heavy (non-hydrogen) atoms. The first kappa shape index (κ1) is 15.4. The van der Waals surface area contributed by atoms with Crippen LogP contribution >= 0.6 is 23.2 Å². The van der Waals surface area contributed by atoms with Crippen LogP contribution in [0.3, 0.4) is 0 Å². The molecule has 106 valence electrons. The van der Waals surface area contributed by atoms with E-state index in [1.165, 1.54) is 0 Å². The third-order valence-corrected chi connectivity index (χ3v) is 3.16. The molecule has 2 aromatic rings. The zero-order valence-electron chi connectivity index (χ0n) is 10.9. The van der Waals surface area contributed by atoms with Crippen molar-refractivity contribution in [1.82, 2.24) is 0 Å². The second-order valence-corrected chi connectivity index (χ2v) is 4.96. The number of rotatable bonds is 2. The highest BCUT2D eigenvalue weighted by molar-refractivity contribution is 6.36. The maximum absolute atomic E-state index is 12.2. The first-order chi connectivity index (χ1) is 10.1. The van der Waals surface area contributed by atoms with Gasteiger partial charge in [-0.25, -0.2) is 0 Å². The number of carbonyl (C=O) groups excluding carboxylic acids is 1. The minimum atomic E-state index is -0.299. The van der Waals surface area contributed by atoms with Crippen molar-refractivity contribution in [2.24, 2.45) is 0 Å². The highest BCUT2D eigenvalue weighted by Crippen LogP contribution is 2.25. The average Bonchev–Trinajstić information content (AvgIpc) is 2.48. The van der Waals surface area contributed by atoms with Gasteiger partial charge in [-0.2, -0.15) is 0 Å². The van der Waals surface area contributed by atoms with E-state index in [2.05, 4.69) is 17.2 Å². The molecule has 1 amide bonds. The summed E-state index contributed by atoms with van der Waals surface area (Å²) in [5, 5.41) is 12.3. The largest absolute Gasteiger partial charge is 0.384 e. The van der Waals surface area contributed by atoms with Gasteiger partial charge in [-0.3, -0.25) is 4.79 Å². The summed E-state index contributed by atoms with van der Waals surface area (Å²) in [7, 11) is 0. The number of aliphatic hydroxyl groups excluding tert-OH is 1. The van der Waals surface area contributed by atoms with E-state index < -0.39 is 0 Å². The van der Waals surface area contributed by atoms with Crippen LogP contribution in [0, 0.1) is 11.8 Å². The molecule has 3 nitrogen and oxygen atoms in total. The molecule has 0 bridgehead atoms. The van der Waals surface area contributed by atoms with Crippen LogP contribution in [0.25, 0.3) is 0 Å². The van der Waals surface area contributed by atoms with Crippen molar-refractivity contribution in [2.45, 2.75) is 0 Å². The summed E-state index contributed by atoms with van der Waals surface area (Å²) >= 11 is 11.8. The molecule has 0 spiro atoms. The Labute approximate surface area is 132 Å². The number of hydrogen-bond acceptors (Lipinski definition) is 2. The molecular formula is C16H11Cl2NO2. The number of hydrogen-bond donors (Lipinski definition) is 2. The molecule has 2 rings (SSSR count). The number of amides is 1. The van der Waals surface area contributed by atoms with Gasteiger partial charge in [-0.05, 0) is 36.4 Å². The highest BCUT2D eigenvalue weighted by Gasteiger charge is 2.09. The molecule has 0 radical (unpaired) electrons. The quantitative estimate of drug-likeness (QED) is 0.831. The Kier molecular flexibility index (Phi) is 5.24. The second-order valence-electron chi connectivity index (χ2n) is 4.12. The Morgan fingerprint density at radius 1 is 1.19 bits per heavy atom. The Bertz CT molecular complexity index is 733. The maximum atomic E-state index is 12.2. The molecule has 0 aliphatic heterocycles. The summed E-state index contributed by atoms with van der Waals surface area (Å²) in [5.74, 6) is 4.98. The standard InChI is InChI=1S/C16H11Cl2NO2/c17-13-6-7-15(14(18)10-13)19-16(21)12-5-1-3-11(9-12)4-2-8-20/h1,3,5-7,9-10,20H,8H2,(H,19,21). The van der Waals surface area contributed by atoms with E-state index in [1.807, 2.05) is 0 Å². The number of benzene rings is 2. The third kappa shape index (κ3) is 4.24. The lowest BCUT2D eigenvalue weighted by atomic mass is 10.1. The molecule has 2 N–H and O–H groups in total. The van der Waals surface area contributed by atoms with Gasteiger partial charge in [-0.15, -0.1) is 0 Å². The number of aliphatic hydroxyl groups is 1. The van der Waals surface area contributed by atoms with E-state index in [0.29, 0.717) is 26.9 Å². The lowest BCUT2D eigenvalue weighted by molar-refractivity contribution is 0.102. The summed E-state index contributed by atoms with van der Waals surface area (Å²) in [6.07, 6.45) is 0. The van der Waals surface area contributed by atoms with Crippen LogP contribution < -0.4 is 5.32 Å². The van der Waals surface area contributed by atoms with E-state index in [0.717, 1.165) is 0 Å². The second kappa shape index (κ2) is 7.14. The fraction of sp³-hybridized carbons (Fsp3) is 0.0625. The molecule has 0 aliphatic rings. The van der Waals surface area contributed by atoms with E-state index in [1.54, 1.807) is 42.5 Å². The van der Waals surface area contributed by atoms with Crippen molar-refractivity contribution >= 4 is 34.8 Å². The SMILES string of the molecule is O=C(Nc1ccc(Cl)cc1Cl)c1cccc(C#CCO)c1. The van der Waals surface area contributed by atoms with Gasteiger partial charge in [0.1, 0.15) is 6.61 Å². The van der Waals surface area contributed by atoms with Crippen molar-refractivity contribution in [3.8, 4) is 11.8 Å². The van der Waals surface area contributed by atoms with Crippen LogP contribution in [-0.2, 0) is 0 Å². The number of halogens is 2. The van der Waals surface area contributed by atoms with E-state index in [9.17, 15) is 4.79 Å². The lowest BCUT2D eigenvalue weighted by Crippen LogP contribution is -2.12. The van der Waals surface area contributed by atoms with Gasteiger partial charge in [0.15, 0.2) is 0 Å². The summed E-state index contributed by atoms with van der Waals surface area (Å²) in [6.45, 7) is -0.225. The summed E-state index contributed by atoms with van der Waals surface area (Å²) in [6, 6.07) is 11.6. The molecule has 0 heterocycles. The maximum Gasteiger partial charge on any atom is 0.255 e. The molecule has 0 aliphatic carbocycles. The van der Waals surface area contributed by atoms with E-state index in [-0.39, 0.29) is 12.5 Å². The number of anilines is 1. The minimum absolute atomic E-state index is 0.225. The molecule has 2 aromatic carbocycles. The Morgan fingerprint density at radius 2 is 2.00 bits per heavy atom. The van der Waals surface area contributed by atoms with E-state index in [4.69, 9.17) is 28.3 Å². The molecular weight excluding hydrogens is 309 g/mol. The van der Waals surface area contributed by atoms with Gasteiger partial charge in [-0.1, -0.05) is 41.1 Å². The van der Waals surface area contributed by atoms with Crippen LogP contribution in [-0.4, -0.2) is 17.6 Å². The van der Waals surface area contributed by atoms with Crippen LogP contribution in [0.4, 0.5) is 5.69 Å². The molecule has 0 saturated carbocycles. The van der Waals surface area contributed by atoms with Crippen molar-refractivity contribution in [3.05, 3.63) is 63.6 Å². The fourth-order valence-corrected chi connectivity index (χ4v) is 2.12. The Hall–Kier alpha value is -1.99. The topological polar surface area (TPSA) is 49.3 Å². The summed E-state index contributed by atoms with van der Waals surface area (Å²) in [4.78, 5) is 12.2. The van der Waals surface area contributed by atoms with Crippen molar-refractivity contribution in [2.75, 3.05) is 11.9 Å². The number of carbonyl (C=O) groups is 1. The summed E-state index contributed by atoms with van der Waals surface area (Å²) in [5.41, 5.74) is 1.59. The lowest BCUT2D eigenvalue weighted by Gasteiger charge is -2.07. The minimum Gasteiger partial charge on any atom is -0.384 e. The predicted octanol–water partition coefficient (Wildman–Crippen LogP) is 3.59. The molecule has 0 aromatic heterocycles. The summed E-state index contributed by atoms with van der Waals surface area (Å²) < 4.78 is 0. The number of nitrogens with one attached hydrogen (secondary N) is 1. The van der Waals surface area contributed by atoms with Crippen LogP contribution in [0.5, 0.6) is 0 Å². The highest BCUT2D eigenvalue weighted by atomic mass is 35.5. The molecule has 0 atom stereocenters. The van der Waals surface area contributed by atoms with Gasteiger partial charge in [0, 0.05) is 16.1 Å². The fourth-order valence-electron chi connectivity index (χ4n) is 1.67. The molecule has 0 unspecified atom stereocenters. The van der Waals surface area contributed by atoms with Crippen molar-refractivity contribution in [3.63, 3.8) is 0 Å². The Morgan fingerprint density at radius 3 is 2.71 bits per heavy atom. The van der Waals surface area contributed by atoms with Crippen LogP contribution in [0.2, 0.25) is 10.0 Å². The molecule has 0 fully saturated rings. The van der Waals surface area contributed by atoms with Crippen molar-refractivity contribution in [1.29, 1.82) is 0 Å². The zero-order chi connectivity index (χ0) is 15.2. The Balaban J connectivity index is 2.20. The van der Waals surface area contributed by atoms with Gasteiger partial charge in [0.25, 0.3) is 5.91 Å². The average molecular weight is 320 g/mol. The monoisotopic (exact) mass is 319 g/mol. The van der Waals surface area contributed by atoms with E-state index >= 15 is 0 Å². The molecule has 0 saturated heterocycles. The first-order valence-electron chi connectivity index (χ1n) is 6.06. The molecule has 5 heteroatoms. The van der Waals surface area contributed by atoms with Gasteiger partial charge < -0.3 is 10.4 Å². The smallest absolute Gasteiger partial charge is 0.255 e. The van der Waals surface area contributed by atoms with Crippen molar-refractivity contribution < 1.29 is 9.90 Å². The zero-order valence-corrected chi connectivity index (χ0v) is 12.4. The first-order valence-corrected chi connectivity index (χ1v) is 6.82. The normalized spacial score (nSPS) is 9.67. The predicted molar refractivity (Wildman–Crippen MR) is 84.8 cm³/mol.